The minimum Gasteiger partial charge on any atom is -0.497 e. The van der Waals surface area contributed by atoms with Crippen molar-refractivity contribution in [2.45, 2.75) is 13.8 Å². The molecule has 1 saturated heterocycles. The van der Waals surface area contributed by atoms with Gasteiger partial charge in [0.25, 0.3) is 0 Å². The Balaban J connectivity index is 1.66. The van der Waals surface area contributed by atoms with E-state index in [4.69, 9.17) is 14.5 Å². The van der Waals surface area contributed by atoms with Crippen molar-refractivity contribution in [3.8, 4) is 22.7 Å². The molecule has 0 atom stereocenters. The molecule has 5 nitrogen and oxygen atoms in total. The van der Waals surface area contributed by atoms with Crippen molar-refractivity contribution in [2.75, 3.05) is 38.3 Å². The molecule has 0 spiro atoms. The van der Waals surface area contributed by atoms with Crippen molar-refractivity contribution in [3.05, 3.63) is 47.1 Å². The molecule has 0 radical (unpaired) electrons. The van der Waals surface area contributed by atoms with Crippen LogP contribution in [0.4, 0.5) is 5.13 Å². The highest BCUT2D eigenvalue weighted by Gasteiger charge is 2.18. The van der Waals surface area contributed by atoms with Gasteiger partial charge in [-0.25, -0.2) is 4.98 Å². The highest BCUT2D eigenvalue weighted by atomic mass is 32.1. The van der Waals surface area contributed by atoms with E-state index in [0.717, 1.165) is 48.6 Å². The molecule has 0 unspecified atom stereocenters. The standard InChI is InChI=1S/C20H23N3O2S/c1-14-12-18(15(2)23(14)16-4-6-17(24-3)7-5-16)19-13-26-20(21-19)22-8-10-25-11-9-22/h4-7,12-13H,8-11H2,1-3H3. The van der Waals surface area contributed by atoms with Crippen LogP contribution < -0.4 is 9.64 Å². The summed E-state index contributed by atoms with van der Waals surface area (Å²) < 4.78 is 13.0. The van der Waals surface area contributed by atoms with Gasteiger partial charge in [-0.1, -0.05) is 0 Å². The number of aromatic nitrogens is 2. The Labute approximate surface area is 157 Å². The number of benzene rings is 1. The number of morpholine rings is 1. The monoisotopic (exact) mass is 369 g/mol. The van der Waals surface area contributed by atoms with Gasteiger partial charge in [0.05, 0.1) is 26.0 Å². The molecule has 0 N–H and O–H groups in total. The molecular formula is C20H23N3O2S. The Hall–Kier alpha value is -2.31. The number of aryl methyl sites for hydroxylation is 1. The Morgan fingerprint density at radius 3 is 2.54 bits per heavy atom. The van der Waals surface area contributed by atoms with Gasteiger partial charge in [-0.2, -0.15) is 0 Å². The topological polar surface area (TPSA) is 39.5 Å². The summed E-state index contributed by atoms with van der Waals surface area (Å²) in [5.41, 5.74) is 5.77. The van der Waals surface area contributed by atoms with Gasteiger partial charge >= 0.3 is 0 Å². The summed E-state index contributed by atoms with van der Waals surface area (Å²) in [5, 5.41) is 3.24. The molecule has 3 aromatic rings. The molecule has 1 fully saturated rings. The van der Waals surface area contributed by atoms with Crippen LogP contribution in [0.1, 0.15) is 11.4 Å². The smallest absolute Gasteiger partial charge is 0.186 e. The molecule has 136 valence electrons. The predicted octanol–water partition coefficient (Wildman–Crippen LogP) is 4.06. The van der Waals surface area contributed by atoms with Crippen molar-refractivity contribution in [3.63, 3.8) is 0 Å². The molecule has 0 bridgehead atoms. The molecule has 0 aliphatic carbocycles. The first-order chi connectivity index (χ1) is 12.7. The first-order valence-corrected chi connectivity index (χ1v) is 9.67. The lowest BCUT2D eigenvalue weighted by molar-refractivity contribution is 0.122. The van der Waals surface area contributed by atoms with Gasteiger partial charge in [-0.15, -0.1) is 11.3 Å². The third-order valence-corrected chi connectivity index (χ3v) is 5.71. The summed E-state index contributed by atoms with van der Waals surface area (Å²) in [4.78, 5) is 7.20. The third kappa shape index (κ3) is 3.10. The van der Waals surface area contributed by atoms with E-state index in [2.05, 4.69) is 46.9 Å². The van der Waals surface area contributed by atoms with E-state index in [1.165, 1.54) is 17.0 Å². The minimum absolute atomic E-state index is 0.779. The lowest BCUT2D eigenvalue weighted by Crippen LogP contribution is -2.36. The van der Waals surface area contributed by atoms with E-state index in [0.29, 0.717) is 0 Å². The number of hydrogen-bond acceptors (Lipinski definition) is 5. The molecule has 6 heteroatoms. The molecule has 0 saturated carbocycles. The Morgan fingerprint density at radius 1 is 1.12 bits per heavy atom. The maximum atomic E-state index is 5.44. The van der Waals surface area contributed by atoms with Gasteiger partial charge < -0.3 is 18.9 Å². The predicted molar refractivity (Wildman–Crippen MR) is 106 cm³/mol. The van der Waals surface area contributed by atoms with Gasteiger partial charge in [-0.05, 0) is 44.2 Å². The number of rotatable bonds is 4. The summed E-state index contributed by atoms with van der Waals surface area (Å²) in [5.74, 6) is 0.867. The van der Waals surface area contributed by atoms with Gasteiger partial charge in [-0.3, -0.25) is 0 Å². The van der Waals surface area contributed by atoms with Crippen LogP contribution in [0.25, 0.3) is 16.9 Å². The Morgan fingerprint density at radius 2 is 1.85 bits per heavy atom. The van der Waals surface area contributed by atoms with E-state index in [9.17, 15) is 0 Å². The lowest BCUT2D eigenvalue weighted by atomic mass is 10.2. The van der Waals surface area contributed by atoms with E-state index in [-0.39, 0.29) is 0 Å². The van der Waals surface area contributed by atoms with Gasteiger partial charge in [0.1, 0.15) is 5.75 Å². The normalized spacial score (nSPS) is 14.7. The number of thiazole rings is 1. The van der Waals surface area contributed by atoms with Crippen LogP contribution in [0.5, 0.6) is 5.75 Å². The Kier molecular flexibility index (Phi) is 4.70. The molecule has 26 heavy (non-hydrogen) atoms. The molecule has 4 rings (SSSR count). The van der Waals surface area contributed by atoms with E-state index >= 15 is 0 Å². The number of nitrogens with zero attached hydrogens (tertiary/aromatic N) is 3. The van der Waals surface area contributed by atoms with Crippen molar-refractivity contribution >= 4 is 16.5 Å². The van der Waals surface area contributed by atoms with Gasteiger partial charge in [0, 0.05) is 41.1 Å². The van der Waals surface area contributed by atoms with Crippen LogP contribution in [0.15, 0.2) is 35.7 Å². The summed E-state index contributed by atoms with van der Waals surface area (Å²) in [7, 11) is 1.69. The van der Waals surface area contributed by atoms with Crippen molar-refractivity contribution < 1.29 is 9.47 Å². The van der Waals surface area contributed by atoms with Crippen LogP contribution in [-0.4, -0.2) is 43.0 Å². The van der Waals surface area contributed by atoms with Gasteiger partial charge in [0.2, 0.25) is 0 Å². The molecule has 2 aromatic heterocycles. The maximum absolute atomic E-state index is 5.44. The average molecular weight is 369 g/mol. The highest BCUT2D eigenvalue weighted by Crippen LogP contribution is 2.33. The summed E-state index contributed by atoms with van der Waals surface area (Å²) >= 11 is 1.71. The van der Waals surface area contributed by atoms with Crippen molar-refractivity contribution in [2.24, 2.45) is 0 Å². The second kappa shape index (κ2) is 7.13. The fourth-order valence-electron chi connectivity index (χ4n) is 3.44. The second-order valence-corrected chi connectivity index (χ2v) is 7.27. The van der Waals surface area contributed by atoms with Gasteiger partial charge in [0.15, 0.2) is 5.13 Å². The molecule has 1 aliphatic heterocycles. The SMILES string of the molecule is COc1ccc(-n2c(C)cc(-c3csc(N4CCOCC4)n3)c2C)cc1. The molecule has 0 amide bonds. The quantitative estimate of drug-likeness (QED) is 0.695. The van der Waals surface area contributed by atoms with Crippen LogP contribution >= 0.6 is 11.3 Å². The molecule has 1 aromatic carbocycles. The highest BCUT2D eigenvalue weighted by molar-refractivity contribution is 7.14. The number of methoxy groups -OCH3 is 1. The van der Waals surface area contributed by atoms with Crippen LogP contribution in [0, 0.1) is 13.8 Å². The number of ether oxygens (including phenoxy) is 2. The van der Waals surface area contributed by atoms with E-state index in [1.807, 2.05) is 12.1 Å². The van der Waals surface area contributed by atoms with Crippen LogP contribution in [0.2, 0.25) is 0 Å². The average Bonchev–Trinajstić information content (AvgIpc) is 3.27. The summed E-state index contributed by atoms with van der Waals surface area (Å²) in [6, 6.07) is 10.4. The molecular weight excluding hydrogens is 346 g/mol. The third-order valence-electron chi connectivity index (χ3n) is 4.81. The first kappa shape index (κ1) is 17.1. The Bertz CT molecular complexity index is 892. The second-order valence-electron chi connectivity index (χ2n) is 6.43. The number of hydrogen-bond donors (Lipinski definition) is 0. The van der Waals surface area contributed by atoms with Crippen LogP contribution in [-0.2, 0) is 4.74 Å². The largest absolute Gasteiger partial charge is 0.497 e. The van der Waals surface area contributed by atoms with Crippen molar-refractivity contribution in [1.29, 1.82) is 0 Å². The zero-order chi connectivity index (χ0) is 18.1. The fraction of sp³-hybridized carbons (Fsp3) is 0.350. The lowest BCUT2D eigenvalue weighted by Gasteiger charge is -2.26. The van der Waals surface area contributed by atoms with Crippen molar-refractivity contribution in [1.82, 2.24) is 9.55 Å². The molecule has 1 aliphatic rings. The zero-order valence-electron chi connectivity index (χ0n) is 15.4. The maximum Gasteiger partial charge on any atom is 0.186 e. The number of anilines is 1. The first-order valence-electron chi connectivity index (χ1n) is 8.79. The fourth-order valence-corrected chi connectivity index (χ4v) is 4.32. The zero-order valence-corrected chi connectivity index (χ0v) is 16.2. The molecule has 3 heterocycles. The van der Waals surface area contributed by atoms with E-state index < -0.39 is 0 Å². The summed E-state index contributed by atoms with van der Waals surface area (Å²) in [6.45, 7) is 7.67. The summed E-state index contributed by atoms with van der Waals surface area (Å²) in [6.07, 6.45) is 0. The van der Waals surface area contributed by atoms with E-state index in [1.54, 1.807) is 18.4 Å². The van der Waals surface area contributed by atoms with Crippen LogP contribution in [0.3, 0.4) is 0 Å². The minimum atomic E-state index is 0.779.